The minimum absolute atomic E-state index is 0.0917. The number of aromatic nitrogens is 1. The highest BCUT2D eigenvalue weighted by molar-refractivity contribution is 6.31. The zero-order chi connectivity index (χ0) is 19.4. The zero-order valence-corrected chi connectivity index (χ0v) is 17.1. The first-order valence-corrected chi connectivity index (χ1v) is 9.88. The molecule has 5 nitrogen and oxygen atoms in total. The quantitative estimate of drug-likeness (QED) is 0.842. The lowest BCUT2D eigenvalue weighted by Gasteiger charge is -2.32. The Hall–Kier alpha value is -1.85. The number of carbonyl (C=O) groups is 1. The van der Waals surface area contributed by atoms with E-state index >= 15 is 0 Å². The van der Waals surface area contributed by atoms with E-state index in [1.54, 1.807) is 6.20 Å². The summed E-state index contributed by atoms with van der Waals surface area (Å²) in [5.74, 6) is 1.21. The van der Waals surface area contributed by atoms with Crippen molar-refractivity contribution in [2.75, 3.05) is 26.2 Å². The van der Waals surface area contributed by atoms with Gasteiger partial charge in [-0.2, -0.15) is 0 Å². The number of nitrogens with one attached hydrogen (secondary N) is 1. The standard InChI is InChI=1S/C21H28ClN3O2/c1-21(2,3)24-19(26)13-25-10-7-15(8-11-25)14-27-20-18-12-17(22)5-4-16(18)6-9-23-20/h4-6,9,12,15H,7-8,10-11,13-14H2,1-3H3,(H,24,26). The number of halogens is 1. The van der Waals surface area contributed by atoms with Gasteiger partial charge in [0.2, 0.25) is 11.8 Å². The second-order valence-electron chi connectivity index (χ2n) is 8.31. The van der Waals surface area contributed by atoms with Crippen molar-refractivity contribution in [2.24, 2.45) is 5.92 Å². The van der Waals surface area contributed by atoms with Gasteiger partial charge < -0.3 is 10.1 Å². The molecule has 2 heterocycles. The van der Waals surface area contributed by atoms with E-state index in [0.29, 0.717) is 30.0 Å². The van der Waals surface area contributed by atoms with Crippen LogP contribution in [0.15, 0.2) is 30.5 Å². The highest BCUT2D eigenvalue weighted by atomic mass is 35.5. The largest absolute Gasteiger partial charge is 0.477 e. The molecule has 1 N–H and O–H groups in total. The number of carbonyl (C=O) groups excluding carboxylic acids is 1. The van der Waals surface area contributed by atoms with Gasteiger partial charge in [0.1, 0.15) is 0 Å². The minimum Gasteiger partial charge on any atom is -0.477 e. The van der Waals surface area contributed by atoms with Crippen LogP contribution in [0.4, 0.5) is 0 Å². The molecular weight excluding hydrogens is 362 g/mol. The number of rotatable bonds is 5. The number of hydrogen-bond acceptors (Lipinski definition) is 4. The Kier molecular flexibility index (Phi) is 6.22. The Bertz CT molecular complexity index is 796. The summed E-state index contributed by atoms with van der Waals surface area (Å²) in [6.07, 6.45) is 3.81. The molecule has 0 aliphatic carbocycles. The third-order valence-electron chi connectivity index (χ3n) is 4.74. The van der Waals surface area contributed by atoms with Crippen LogP contribution in [-0.2, 0) is 4.79 Å². The Balaban J connectivity index is 1.49. The predicted molar refractivity (Wildman–Crippen MR) is 109 cm³/mol. The molecule has 27 heavy (non-hydrogen) atoms. The molecule has 1 aromatic carbocycles. The molecule has 1 amide bonds. The summed E-state index contributed by atoms with van der Waals surface area (Å²) in [5.41, 5.74) is -0.183. The van der Waals surface area contributed by atoms with Gasteiger partial charge in [0.15, 0.2) is 0 Å². The molecular formula is C21H28ClN3O2. The summed E-state index contributed by atoms with van der Waals surface area (Å²) in [7, 11) is 0. The number of likely N-dealkylation sites (tertiary alicyclic amines) is 1. The normalized spacial score (nSPS) is 16.4. The summed E-state index contributed by atoms with van der Waals surface area (Å²) < 4.78 is 6.03. The average molecular weight is 390 g/mol. The number of amides is 1. The van der Waals surface area contributed by atoms with E-state index in [-0.39, 0.29) is 11.4 Å². The van der Waals surface area contributed by atoms with Crippen LogP contribution in [0.5, 0.6) is 5.88 Å². The van der Waals surface area contributed by atoms with Gasteiger partial charge in [-0.3, -0.25) is 9.69 Å². The average Bonchev–Trinajstić information content (AvgIpc) is 2.59. The van der Waals surface area contributed by atoms with Gasteiger partial charge in [0.25, 0.3) is 0 Å². The molecule has 1 aliphatic heterocycles. The Morgan fingerprint density at radius 3 is 2.74 bits per heavy atom. The predicted octanol–water partition coefficient (Wildman–Crippen LogP) is 3.89. The van der Waals surface area contributed by atoms with Crippen LogP contribution in [0, 0.1) is 5.92 Å². The first kappa shape index (κ1) is 19.9. The fourth-order valence-corrected chi connectivity index (χ4v) is 3.57. The van der Waals surface area contributed by atoms with E-state index in [0.717, 1.165) is 36.7 Å². The number of hydrogen-bond donors (Lipinski definition) is 1. The molecule has 1 saturated heterocycles. The lowest BCUT2D eigenvalue weighted by atomic mass is 9.98. The number of nitrogens with zero attached hydrogens (tertiary/aromatic N) is 2. The van der Waals surface area contributed by atoms with Crippen molar-refractivity contribution in [3.05, 3.63) is 35.5 Å². The molecule has 146 valence electrons. The summed E-state index contributed by atoms with van der Waals surface area (Å²) in [6.45, 7) is 8.95. The Morgan fingerprint density at radius 1 is 1.30 bits per heavy atom. The number of ether oxygens (including phenoxy) is 1. The SMILES string of the molecule is CC(C)(C)NC(=O)CN1CCC(COc2nccc3ccc(Cl)cc23)CC1. The van der Waals surface area contributed by atoms with Crippen LogP contribution in [-0.4, -0.2) is 47.6 Å². The monoisotopic (exact) mass is 389 g/mol. The molecule has 1 fully saturated rings. The molecule has 0 bridgehead atoms. The van der Waals surface area contributed by atoms with Crippen LogP contribution >= 0.6 is 11.6 Å². The van der Waals surface area contributed by atoms with Crippen molar-refractivity contribution in [1.29, 1.82) is 0 Å². The van der Waals surface area contributed by atoms with E-state index < -0.39 is 0 Å². The molecule has 2 aromatic rings. The summed E-state index contributed by atoms with van der Waals surface area (Å²) >= 11 is 6.12. The maximum Gasteiger partial charge on any atom is 0.234 e. The summed E-state index contributed by atoms with van der Waals surface area (Å²) in [4.78, 5) is 18.7. The van der Waals surface area contributed by atoms with Crippen molar-refractivity contribution in [3.8, 4) is 5.88 Å². The first-order chi connectivity index (χ1) is 12.8. The van der Waals surface area contributed by atoms with Crippen LogP contribution in [0.3, 0.4) is 0 Å². The van der Waals surface area contributed by atoms with Gasteiger partial charge in [-0.25, -0.2) is 4.98 Å². The topological polar surface area (TPSA) is 54.5 Å². The lowest BCUT2D eigenvalue weighted by Crippen LogP contribution is -2.47. The van der Waals surface area contributed by atoms with Crippen LogP contribution in [0.2, 0.25) is 5.02 Å². The smallest absolute Gasteiger partial charge is 0.234 e. The van der Waals surface area contributed by atoms with Crippen LogP contribution in [0.25, 0.3) is 10.8 Å². The molecule has 1 aromatic heterocycles. The molecule has 0 saturated carbocycles. The first-order valence-electron chi connectivity index (χ1n) is 9.50. The fraction of sp³-hybridized carbons (Fsp3) is 0.524. The van der Waals surface area contributed by atoms with Gasteiger partial charge >= 0.3 is 0 Å². The Labute approximate surface area is 166 Å². The van der Waals surface area contributed by atoms with Gasteiger partial charge in [0.05, 0.1) is 13.2 Å². The van der Waals surface area contributed by atoms with Crippen molar-refractivity contribution < 1.29 is 9.53 Å². The minimum atomic E-state index is -0.183. The van der Waals surface area contributed by atoms with Gasteiger partial charge in [0, 0.05) is 22.1 Å². The highest BCUT2D eigenvalue weighted by Gasteiger charge is 2.23. The van der Waals surface area contributed by atoms with Crippen LogP contribution < -0.4 is 10.1 Å². The molecule has 1 aliphatic rings. The second-order valence-corrected chi connectivity index (χ2v) is 8.75. The molecule has 0 unspecified atom stereocenters. The molecule has 0 radical (unpaired) electrons. The molecule has 0 spiro atoms. The van der Waals surface area contributed by atoms with Gasteiger partial charge in [-0.1, -0.05) is 17.7 Å². The van der Waals surface area contributed by atoms with E-state index in [1.165, 1.54) is 0 Å². The van der Waals surface area contributed by atoms with Crippen molar-refractivity contribution >= 4 is 28.3 Å². The van der Waals surface area contributed by atoms with E-state index in [4.69, 9.17) is 16.3 Å². The number of fused-ring (bicyclic) bond motifs is 1. The maximum absolute atomic E-state index is 12.1. The zero-order valence-electron chi connectivity index (χ0n) is 16.3. The third kappa shape index (κ3) is 5.81. The van der Waals surface area contributed by atoms with Gasteiger partial charge in [-0.15, -0.1) is 0 Å². The second kappa shape index (κ2) is 8.44. The summed E-state index contributed by atoms with van der Waals surface area (Å²) in [5, 5.41) is 5.72. The van der Waals surface area contributed by atoms with Crippen LogP contribution in [0.1, 0.15) is 33.6 Å². The number of piperidine rings is 1. The lowest BCUT2D eigenvalue weighted by molar-refractivity contribution is -0.124. The van der Waals surface area contributed by atoms with E-state index in [9.17, 15) is 4.79 Å². The van der Waals surface area contributed by atoms with Crippen molar-refractivity contribution in [1.82, 2.24) is 15.2 Å². The van der Waals surface area contributed by atoms with E-state index in [2.05, 4.69) is 15.2 Å². The molecule has 6 heteroatoms. The third-order valence-corrected chi connectivity index (χ3v) is 4.97. The number of benzene rings is 1. The fourth-order valence-electron chi connectivity index (χ4n) is 3.40. The molecule has 3 rings (SSSR count). The van der Waals surface area contributed by atoms with Crippen molar-refractivity contribution in [3.63, 3.8) is 0 Å². The van der Waals surface area contributed by atoms with Gasteiger partial charge in [-0.05, 0) is 76.2 Å². The highest BCUT2D eigenvalue weighted by Crippen LogP contribution is 2.27. The van der Waals surface area contributed by atoms with Crippen molar-refractivity contribution in [2.45, 2.75) is 39.2 Å². The number of pyridine rings is 1. The summed E-state index contributed by atoms with van der Waals surface area (Å²) in [6, 6.07) is 7.71. The Morgan fingerprint density at radius 2 is 2.04 bits per heavy atom. The van der Waals surface area contributed by atoms with E-state index in [1.807, 2.05) is 45.0 Å². The molecule has 0 atom stereocenters. The maximum atomic E-state index is 12.1.